The van der Waals surface area contributed by atoms with Gasteiger partial charge in [0, 0.05) is 0 Å². The van der Waals surface area contributed by atoms with Crippen molar-refractivity contribution in [2.45, 2.75) is 62.3 Å². The Kier molecular flexibility index (Phi) is 6.73. The fourth-order valence-corrected chi connectivity index (χ4v) is 6.50. The quantitative estimate of drug-likeness (QED) is 0.357. The summed E-state index contributed by atoms with van der Waals surface area (Å²) in [7, 11) is -1.90. The van der Waals surface area contributed by atoms with E-state index in [1.54, 1.807) is 45.2 Å². The zero-order valence-corrected chi connectivity index (χ0v) is 23.5. The Morgan fingerprint density at radius 3 is 2.68 bits per heavy atom. The van der Waals surface area contributed by atoms with Crippen molar-refractivity contribution in [2.24, 2.45) is 4.99 Å². The molecule has 1 aromatic heterocycles. The largest absolute Gasteiger partial charge is 0.495 e. The Hall–Kier alpha value is -3.37. The van der Waals surface area contributed by atoms with Gasteiger partial charge in [-0.05, 0) is 75.9 Å². The van der Waals surface area contributed by atoms with Gasteiger partial charge in [-0.3, -0.25) is 4.99 Å². The zero-order chi connectivity index (χ0) is 27.2. The van der Waals surface area contributed by atoms with Gasteiger partial charge in [-0.25, -0.2) is 13.4 Å². The molecule has 2 heterocycles. The van der Waals surface area contributed by atoms with Crippen molar-refractivity contribution >= 4 is 50.4 Å². The summed E-state index contributed by atoms with van der Waals surface area (Å²) in [6, 6.07) is 11.1. The number of sulfone groups is 1. The Bertz CT molecular complexity index is 1540. The van der Waals surface area contributed by atoms with Crippen LogP contribution in [0.1, 0.15) is 45.2 Å². The maximum atomic E-state index is 12.9. The molecule has 5 rings (SSSR count). The molecule has 2 unspecified atom stereocenters. The van der Waals surface area contributed by atoms with E-state index in [0.29, 0.717) is 11.4 Å². The first-order valence-electron chi connectivity index (χ1n) is 12.5. The van der Waals surface area contributed by atoms with Crippen molar-refractivity contribution in [3.63, 3.8) is 0 Å². The van der Waals surface area contributed by atoms with E-state index in [1.807, 2.05) is 13.0 Å². The zero-order valence-electron chi connectivity index (χ0n) is 22.0. The number of amidine groups is 1. The molecule has 1 aliphatic carbocycles. The average Bonchev–Trinajstić information content (AvgIpc) is 3.19. The number of hydrogen-bond donors (Lipinski definition) is 3. The van der Waals surface area contributed by atoms with Crippen LogP contribution in [0.3, 0.4) is 0 Å². The predicted molar refractivity (Wildman–Crippen MR) is 151 cm³/mol. The number of aliphatic imine (C=N–C) groups is 1. The number of nitrogens with zero attached hydrogens (tertiary/aromatic N) is 3. The molecule has 2 aliphatic rings. The van der Waals surface area contributed by atoms with E-state index in [1.165, 1.54) is 11.8 Å². The number of hydrogen-bond acceptors (Lipinski definition) is 9. The monoisotopic (exact) mass is 554 g/mol. The van der Waals surface area contributed by atoms with Crippen LogP contribution in [-0.2, 0) is 21.8 Å². The van der Waals surface area contributed by atoms with E-state index < -0.39 is 15.1 Å². The van der Waals surface area contributed by atoms with Crippen molar-refractivity contribution < 1.29 is 13.2 Å². The van der Waals surface area contributed by atoms with Gasteiger partial charge in [0.15, 0.2) is 15.7 Å². The third kappa shape index (κ3) is 4.56. The molecule has 3 N–H and O–H groups in total. The summed E-state index contributed by atoms with van der Waals surface area (Å²) in [5.41, 5.74) is 3.09. The molecule has 1 aliphatic heterocycles. The van der Waals surface area contributed by atoms with Crippen LogP contribution in [0.15, 0.2) is 52.5 Å². The van der Waals surface area contributed by atoms with Crippen LogP contribution < -0.4 is 20.7 Å². The van der Waals surface area contributed by atoms with Crippen LogP contribution in [-0.4, -0.2) is 42.6 Å². The van der Waals surface area contributed by atoms with E-state index in [9.17, 15) is 8.42 Å². The Morgan fingerprint density at radius 1 is 1.18 bits per heavy atom. The molecule has 2 atom stereocenters. The molecular formula is C27H31ClN6O3S. The lowest BCUT2D eigenvalue weighted by molar-refractivity contribution is 0.347. The Balaban J connectivity index is 1.47. The summed E-state index contributed by atoms with van der Waals surface area (Å²) in [5, 5.41) is 9.52. The molecule has 200 valence electrons. The van der Waals surface area contributed by atoms with Crippen LogP contribution in [0.5, 0.6) is 5.75 Å². The van der Waals surface area contributed by atoms with E-state index in [0.717, 1.165) is 29.9 Å². The van der Waals surface area contributed by atoms with E-state index >= 15 is 0 Å². The lowest BCUT2D eigenvalue weighted by atomic mass is 9.75. The van der Waals surface area contributed by atoms with E-state index in [4.69, 9.17) is 21.3 Å². The lowest BCUT2D eigenvalue weighted by Crippen LogP contribution is -2.43. The first-order valence-corrected chi connectivity index (χ1v) is 14.4. The smallest absolute Gasteiger partial charge is 0.229 e. The summed E-state index contributed by atoms with van der Waals surface area (Å²) in [6.07, 6.45) is 3.34. The minimum atomic E-state index is -3.53. The fourth-order valence-electron chi connectivity index (χ4n) is 5.16. The van der Waals surface area contributed by atoms with Gasteiger partial charge in [0.25, 0.3) is 0 Å². The van der Waals surface area contributed by atoms with Gasteiger partial charge >= 0.3 is 0 Å². The van der Waals surface area contributed by atoms with Crippen molar-refractivity contribution in [1.82, 2.24) is 15.3 Å². The second kappa shape index (κ2) is 9.74. The maximum absolute atomic E-state index is 12.9. The molecule has 0 fully saturated rings. The van der Waals surface area contributed by atoms with Crippen LogP contribution in [0.4, 0.5) is 23.1 Å². The third-order valence-corrected chi connectivity index (χ3v) is 9.68. The van der Waals surface area contributed by atoms with Gasteiger partial charge in [0.1, 0.15) is 16.3 Å². The summed E-state index contributed by atoms with van der Waals surface area (Å²) in [5.74, 6) is 2.16. The minimum Gasteiger partial charge on any atom is -0.495 e. The minimum absolute atomic E-state index is 0.182. The molecule has 11 heteroatoms. The number of aryl methyl sites for hydroxylation is 1. The van der Waals surface area contributed by atoms with Crippen molar-refractivity contribution in [2.75, 3.05) is 17.7 Å². The number of para-hydroxylation sites is 1. The van der Waals surface area contributed by atoms with Crippen LogP contribution in [0, 0.1) is 0 Å². The van der Waals surface area contributed by atoms with Crippen LogP contribution in [0.25, 0.3) is 0 Å². The molecule has 0 spiro atoms. The number of nitrogens with one attached hydrogen (secondary N) is 3. The van der Waals surface area contributed by atoms with Gasteiger partial charge in [-0.2, -0.15) is 4.98 Å². The molecule has 0 saturated heterocycles. The Labute approximate surface area is 228 Å². The first-order chi connectivity index (χ1) is 18.0. The maximum Gasteiger partial charge on any atom is 0.229 e. The summed E-state index contributed by atoms with van der Waals surface area (Å²) in [4.78, 5) is 14.0. The number of anilines is 4. The highest BCUT2D eigenvalue weighted by Gasteiger charge is 2.44. The second-order valence-corrected chi connectivity index (χ2v) is 12.9. The molecule has 0 saturated carbocycles. The number of methoxy groups -OCH3 is 1. The molecular weight excluding hydrogens is 524 g/mol. The van der Waals surface area contributed by atoms with Crippen LogP contribution >= 0.6 is 11.6 Å². The van der Waals surface area contributed by atoms with Crippen molar-refractivity contribution in [3.8, 4) is 5.75 Å². The highest BCUT2D eigenvalue weighted by Crippen LogP contribution is 2.45. The SMILES string of the molecule is COc1cc2c(cc1Nc1ncc(Cl)c(Nc3ccccc3S(=O)(=O)C(C)C)n1)CCC1NC(C)=NC21C. The number of benzene rings is 2. The van der Waals surface area contributed by atoms with Gasteiger partial charge in [-0.15, -0.1) is 0 Å². The second-order valence-electron chi connectivity index (χ2n) is 10.0. The van der Waals surface area contributed by atoms with Crippen molar-refractivity contribution in [3.05, 3.63) is 58.7 Å². The van der Waals surface area contributed by atoms with Gasteiger partial charge < -0.3 is 20.7 Å². The number of aromatic nitrogens is 2. The topological polar surface area (TPSA) is 118 Å². The highest BCUT2D eigenvalue weighted by atomic mass is 35.5. The molecule has 3 aromatic rings. The standard InChI is InChI=1S/C27H31ClN6O3S/c1-15(2)38(35,36)23-9-7-6-8-20(23)31-25-19(28)14-29-26(33-25)32-21-12-17-10-11-24-27(4,34-16(3)30-24)18(17)13-22(21)37-5/h6-9,12-15,24H,10-11H2,1-5H3,(H,30,34)(H2,29,31,32,33). The molecule has 9 nitrogen and oxygen atoms in total. The fraction of sp³-hybridized carbons (Fsp3) is 0.370. The number of halogens is 1. The summed E-state index contributed by atoms with van der Waals surface area (Å²) in [6.45, 7) is 7.45. The number of ether oxygens (including phenoxy) is 1. The average molecular weight is 555 g/mol. The normalized spacial score (nSPS) is 20.3. The highest BCUT2D eigenvalue weighted by molar-refractivity contribution is 7.92. The van der Waals surface area contributed by atoms with Crippen molar-refractivity contribution in [1.29, 1.82) is 0 Å². The number of fused-ring (bicyclic) bond motifs is 3. The lowest BCUT2D eigenvalue weighted by Gasteiger charge is -2.36. The summed E-state index contributed by atoms with van der Waals surface area (Å²) < 4.78 is 31.5. The molecule has 2 aromatic carbocycles. The Morgan fingerprint density at radius 2 is 1.95 bits per heavy atom. The molecule has 0 radical (unpaired) electrons. The first kappa shape index (κ1) is 26.2. The third-order valence-electron chi connectivity index (χ3n) is 7.19. The van der Waals surface area contributed by atoms with Gasteiger partial charge in [0.2, 0.25) is 5.95 Å². The summed E-state index contributed by atoms with van der Waals surface area (Å²) >= 11 is 6.40. The molecule has 0 amide bonds. The van der Waals surface area contributed by atoms with Gasteiger partial charge in [0.05, 0.1) is 46.7 Å². The van der Waals surface area contributed by atoms with E-state index in [-0.39, 0.29) is 33.3 Å². The molecule has 38 heavy (non-hydrogen) atoms. The molecule has 0 bridgehead atoms. The van der Waals surface area contributed by atoms with E-state index in [2.05, 4.69) is 38.9 Å². The van der Waals surface area contributed by atoms with Gasteiger partial charge in [-0.1, -0.05) is 23.7 Å². The predicted octanol–water partition coefficient (Wildman–Crippen LogP) is 5.36. The van der Waals surface area contributed by atoms with Crippen LogP contribution in [0.2, 0.25) is 5.02 Å². The number of rotatable bonds is 7.